The summed E-state index contributed by atoms with van der Waals surface area (Å²) in [6, 6.07) is 12.2. The lowest BCUT2D eigenvalue weighted by Gasteiger charge is -2.32. The molecule has 0 amide bonds. The Labute approximate surface area is 199 Å². The van der Waals surface area contributed by atoms with Gasteiger partial charge < -0.3 is 14.3 Å². The molecule has 4 rings (SSSR count). The van der Waals surface area contributed by atoms with Crippen LogP contribution in [0.1, 0.15) is 47.6 Å². The fourth-order valence-corrected chi connectivity index (χ4v) is 5.25. The minimum absolute atomic E-state index is 0.0693. The van der Waals surface area contributed by atoms with E-state index < -0.39 is 5.97 Å². The van der Waals surface area contributed by atoms with Crippen LogP contribution >= 0.6 is 11.3 Å². The van der Waals surface area contributed by atoms with Crippen molar-refractivity contribution in [3.63, 3.8) is 0 Å². The first-order valence-corrected chi connectivity index (χ1v) is 12.5. The Morgan fingerprint density at radius 1 is 1.24 bits per heavy atom. The number of carbonyl (C=O) groups is 1. The highest BCUT2D eigenvalue weighted by Crippen LogP contribution is 2.29. The lowest BCUT2D eigenvalue weighted by molar-refractivity contribution is -0.138. The maximum atomic E-state index is 11.4. The fraction of sp³-hybridized carbons (Fsp3) is 0.462. The molecule has 3 aromatic rings. The van der Waals surface area contributed by atoms with Crippen molar-refractivity contribution in [3.05, 3.63) is 63.7 Å². The molecule has 1 fully saturated rings. The number of carboxylic acid groups (broad SMARTS) is 1. The maximum Gasteiger partial charge on any atom is 0.317 e. The van der Waals surface area contributed by atoms with E-state index in [9.17, 15) is 9.90 Å². The van der Waals surface area contributed by atoms with Crippen molar-refractivity contribution in [2.45, 2.75) is 58.8 Å². The minimum atomic E-state index is -0.777. The molecule has 6 nitrogen and oxygen atoms in total. The van der Waals surface area contributed by atoms with E-state index >= 15 is 0 Å². The van der Waals surface area contributed by atoms with Crippen molar-refractivity contribution in [3.8, 4) is 11.5 Å². The summed E-state index contributed by atoms with van der Waals surface area (Å²) in [5.41, 5.74) is 3.02. The number of hydrogen-bond acceptors (Lipinski definition) is 6. The van der Waals surface area contributed by atoms with Gasteiger partial charge in [-0.3, -0.25) is 9.69 Å². The molecule has 1 saturated carbocycles. The van der Waals surface area contributed by atoms with Crippen molar-refractivity contribution in [1.29, 1.82) is 0 Å². The number of thiophene rings is 1. The van der Waals surface area contributed by atoms with Crippen LogP contribution in [0.15, 0.2) is 46.2 Å². The molecule has 33 heavy (non-hydrogen) atoms. The summed E-state index contributed by atoms with van der Waals surface area (Å²) in [5, 5.41) is 11.4. The molecule has 1 aromatic carbocycles. The Balaban J connectivity index is 1.32. The fourth-order valence-electron chi connectivity index (χ4n) is 4.50. The van der Waals surface area contributed by atoms with E-state index in [4.69, 9.17) is 9.15 Å². The smallest absolute Gasteiger partial charge is 0.317 e. The highest BCUT2D eigenvalue weighted by atomic mass is 32.1. The number of aromatic nitrogens is 1. The van der Waals surface area contributed by atoms with Crippen LogP contribution in [0.25, 0.3) is 11.5 Å². The Morgan fingerprint density at radius 2 is 2.06 bits per heavy atom. The SMILES string of the molecule is Cc1ccc(-c2nc(COC3CCCC(CN(CC(=O)O)Cc4cccs4)C3)c(C)o2)cc1. The predicted molar refractivity (Wildman–Crippen MR) is 129 cm³/mol. The van der Waals surface area contributed by atoms with Crippen molar-refractivity contribution in [2.75, 3.05) is 13.1 Å². The first-order valence-electron chi connectivity index (χ1n) is 11.6. The van der Waals surface area contributed by atoms with Crippen molar-refractivity contribution in [1.82, 2.24) is 9.88 Å². The second-order valence-corrected chi connectivity index (χ2v) is 10.0. The Bertz CT molecular complexity index is 1030. The van der Waals surface area contributed by atoms with Crippen LogP contribution in [0.3, 0.4) is 0 Å². The van der Waals surface area contributed by atoms with Crippen molar-refractivity contribution in [2.24, 2.45) is 5.92 Å². The number of hydrogen-bond donors (Lipinski definition) is 1. The van der Waals surface area contributed by atoms with E-state index in [1.165, 1.54) is 10.4 Å². The molecule has 0 aliphatic heterocycles. The van der Waals surface area contributed by atoms with Gasteiger partial charge in [-0.05, 0) is 62.6 Å². The average molecular weight is 469 g/mol. The summed E-state index contributed by atoms with van der Waals surface area (Å²) in [7, 11) is 0. The van der Waals surface area contributed by atoms with Crippen molar-refractivity contribution < 1.29 is 19.1 Å². The molecule has 0 radical (unpaired) electrons. The molecule has 2 heterocycles. The summed E-state index contributed by atoms with van der Waals surface area (Å²) in [6.45, 7) is 5.97. The molecular weight excluding hydrogens is 436 g/mol. The van der Waals surface area contributed by atoms with Crippen LogP contribution in [0.2, 0.25) is 0 Å². The maximum absolute atomic E-state index is 11.4. The quantitative estimate of drug-likeness (QED) is 0.412. The van der Waals surface area contributed by atoms with Crippen LogP contribution in [0.5, 0.6) is 0 Å². The van der Waals surface area contributed by atoms with Crippen molar-refractivity contribution >= 4 is 17.3 Å². The molecule has 1 aliphatic carbocycles. The van der Waals surface area contributed by atoms with Crippen LogP contribution in [-0.4, -0.2) is 40.2 Å². The van der Waals surface area contributed by atoms with Gasteiger partial charge in [-0.25, -0.2) is 4.98 Å². The Morgan fingerprint density at radius 3 is 2.79 bits per heavy atom. The summed E-state index contributed by atoms with van der Waals surface area (Å²) < 4.78 is 12.2. The normalized spacial score (nSPS) is 18.6. The van der Waals surface area contributed by atoms with E-state index in [1.54, 1.807) is 11.3 Å². The highest BCUT2D eigenvalue weighted by molar-refractivity contribution is 7.09. The number of aliphatic carboxylic acids is 1. The van der Waals surface area contributed by atoms with Gasteiger partial charge in [-0.2, -0.15) is 0 Å². The standard InChI is InChI=1S/C26H32N2O4S/c1-18-8-10-21(11-9-18)26-27-24(19(2)32-26)17-31-22-6-3-5-20(13-22)14-28(16-25(29)30)15-23-7-4-12-33-23/h4,7-12,20,22H,3,5-6,13-17H2,1-2H3,(H,29,30). The molecule has 176 valence electrons. The minimum Gasteiger partial charge on any atom is -0.480 e. The van der Waals surface area contributed by atoms with E-state index in [1.807, 2.05) is 30.5 Å². The number of rotatable bonds is 10. The van der Waals surface area contributed by atoms with Crippen LogP contribution in [-0.2, 0) is 22.7 Å². The molecule has 0 bridgehead atoms. The number of ether oxygens (including phenoxy) is 1. The average Bonchev–Trinajstić information content (AvgIpc) is 3.42. The van der Waals surface area contributed by atoms with Gasteiger partial charge in [0.05, 0.1) is 19.3 Å². The first-order chi connectivity index (χ1) is 16.0. The number of carboxylic acids is 1. The summed E-state index contributed by atoms with van der Waals surface area (Å²) in [4.78, 5) is 19.3. The lowest BCUT2D eigenvalue weighted by Crippen LogP contribution is -2.36. The third-order valence-corrected chi connectivity index (χ3v) is 7.08. The third kappa shape index (κ3) is 6.76. The predicted octanol–water partition coefficient (Wildman–Crippen LogP) is 5.68. The molecule has 0 spiro atoms. The second-order valence-electron chi connectivity index (χ2n) is 9.00. The lowest BCUT2D eigenvalue weighted by atomic mass is 9.86. The summed E-state index contributed by atoms with van der Waals surface area (Å²) >= 11 is 1.67. The summed E-state index contributed by atoms with van der Waals surface area (Å²) in [5.74, 6) is 1.08. The number of nitrogens with zero attached hydrogens (tertiary/aromatic N) is 2. The van der Waals surface area contributed by atoms with E-state index in [0.717, 1.165) is 49.2 Å². The van der Waals surface area contributed by atoms with Gasteiger partial charge in [0.25, 0.3) is 0 Å². The Hall–Kier alpha value is -2.48. The molecule has 2 aromatic heterocycles. The van der Waals surface area contributed by atoms with Gasteiger partial charge in [-0.15, -0.1) is 11.3 Å². The molecule has 1 N–H and O–H groups in total. The summed E-state index contributed by atoms with van der Waals surface area (Å²) in [6.07, 6.45) is 4.35. The molecular formula is C26H32N2O4S. The molecule has 7 heteroatoms. The molecule has 1 aliphatic rings. The topological polar surface area (TPSA) is 75.8 Å². The zero-order valence-electron chi connectivity index (χ0n) is 19.3. The molecule has 2 atom stereocenters. The van der Waals surface area contributed by atoms with E-state index in [-0.39, 0.29) is 12.6 Å². The van der Waals surface area contributed by atoms with Gasteiger partial charge in [0.2, 0.25) is 5.89 Å². The monoisotopic (exact) mass is 468 g/mol. The zero-order chi connectivity index (χ0) is 23.2. The first kappa shape index (κ1) is 23.7. The van der Waals surface area contributed by atoms with Crippen LogP contribution < -0.4 is 0 Å². The van der Waals surface area contributed by atoms with E-state index in [2.05, 4.69) is 35.0 Å². The molecule has 0 saturated heterocycles. The highest BCUT2D eigenvalue weighted by Gasteiger charge is 2.26. The van der Waals surface area contributed by atoms with Gasteiger partial charge in [0.15, 0.2) is 0 Å². The van der Waals surface area contributed by atoms with E-state index in [0.29, 0.717) is 25.0 Å². The van der Waals surface area contributed by atoms with Gasteiger partial charge >= 0.3 is 5.97 Å². The Kier molecular flexibility index (Phi) is 7.96. The van der Waals surface area contributed by atoms with Crippen LogP contribution in [0, 0.1) is 19.8 Å². The van der Waals surface area contributed by atoms with Gasteiger partial charge in [-0.1, -0.05) is 30.2 Å². The third-order valence-electron chi connectivity index (χ3n) is 6.22. The van der Waals surface area contributed by atoms with Gasteiger partial charge in [0.1, 0.15) is 11.5 Å². The van der Waals surface area contributed by atoms with Crippen LogP contribution in [0.4, 0.5) is 0 Å². The zero-order valence-corrected chi connectivity index (χ0v) is 20.1. The molecule has 2 unspecified atom stereocenters. The van der Waals surface area contributed by atoms with Gasteiger partial charge in [0, 0.05) is 23.5 Å². The largest absolute Gasteiger partial charge is 0.480 e. The number of benzene rings is 1. The number of oxazole rings is 1. The second kappa shape index (κ2) is 11.1. The number of aryl methyl sites for hydroxylation is 2.